The predicted molar refractivity (Wildman–Crippen MR) is 181 cm³/mol. The van der Waals surface area contributed by atoms with E-state index in [-0.39, 0.29) is 5.41 Å². The van der Waals surface area contributed by atoms with Crippen LogP contribution in [-0.4, -0.2) is 0 Å². The molecular weight excluding hydrogens is 492 g/mol. The van der Waals surface area contributed by atoms with Crippen molar-refractivity contribution < 1.29 is 0 Å². The molecule has 0 bridgehead atoms. The third kappa shape index (κ3) is 10.2. The summed E-state index contributed by atoms with van der Waals surface area (Å²) in [6.45, 7) is 19.5. The third-order valence-corrected chi connectivity index (χ3v) is 7.51. The van der Waals surface area contributed by atoms with Crippen LogP contribution in [-0.2, 0) is 5.41 Å². The number of hydrogen-bond donors (Lipinski definition) is 0. The Morgan fingerprint density at radius 1 is 0.366 bits per heavy atom. The first-order valence-electron chi connectivity index (χ1n) is 14.8. The lowest BCUT2D eigenvalue weighted by molar-refractivity contribution is 0.590. The van der Waals surface area contributed by atoms with E-state index in [2.05, 4.69) is 184 Å². The quantitative estimate of drug-likeness (QED) is 0.213. The van der Waals surface area contributed by atoms with E-state index in [9.17, 15) is 0 Å². The van der Waals surface area contributed by atoms with Crippen LogP contribution in [0.5, 0.6) is 0 Å². The van der Waals surface area contributed by atoms with Crippen molar-refractivity contribution in [3.8, 4) is 11.1 Å². The van der Waals surface area contributed by atoms with E-state index in [0.29, 0.717) is 5.92 Å². The van der Waals surface area contributed by atoms with Gasteiger partial charge < -0.3 is 0 Å². The van der Waals surface area contributed by atoms with Gasteiger partial charge in [-0.25, -0.2) is 0 Å². The zero-order valence-corrected chi connectivity index (χ0v) is 26.6. The summed E-state index contributed by atoms with van der Waals surface area (Å²) < 4.78 is 0. The summed E-state index contributed by atoms with van der Waals surface area (Å²) in [4.78, 5) is 0. The molecule has 0 nitrogen and oxygen atoms in total. The standard InChI is InChI=1S/C16H18.C14H14.C11H16/c1-12-4-8-15(9-5-12)14(3)16-10-6-13(2)7-11-16;1-11-3-7-13(8-4-11)14-9-5-12(2)6-10-14;1-9-5-7-10(8-6-9)11(2,3)4/h4-11,14H,1-3H3;3-10H,1-2H3;5-8H,1-4H3. The van der Waals surface area contributed by atoms with E-state index in [1.165, 1.54) is 55.6 Å². The maximum atomic E-state index is 2.26. The van der Waals surface area contributed by atoms with Crippen molar-refractivity contribution in [2.75, 3.05) is 0 Å². The Hall–Kier alpha value is -3.90. The molecule has 0 radical (unpaired) electrons. The highest BCUT2D eigenvalue weighted by Gasteiger charge is 2.12. The van der Waals surface area contributed by atoms with Crippen LogP contribution in [0.2, 0.25) is 0 Å². The van der Waals surface area contributed by atoms with Crippen molar-refractivity contribution >= 4 is 0 Å². The average molecular weight is 541 g/mol. The summed E-state index contributed by atoms with van der Waals surface area (Å²) in [6.07, 6.45) is 0. The molecule has 0 amide bonds. The molecule has 212 valence electrons. The van der Waals surface area contributed by atoms with Crippen LogP contribution >= 0.6 is 0 Å². The second kappa shape index (κ2) is 14.6. The van der Waals surface area contributed by atoms with Gasteiger partial charge in [-0.05, 0) is 67.9 Å². The molecule has 0 aliphatic rings. The SMILES string of the molecule is Cc1ccc(-c2ccc(C)cc2)cc1.Cc1ccc(C(C)(C)C)cc1.Cc1ccc(C(C)c2ccc(C)cc2)cc1. The Kier molecular flexibility index (Phi) is 11.3. The Labute approximate surface area is 250 Å². The molecule has 0 atom stereocenters. The molecule has 0 saturated carbocycles. The van der Waals surface area contributed by atoms with Gasteiger partial charge in [0.1, 0.15) is 0 Å². The fourth-order valence-corrected chi connectivity index (χ4v) is 4.45. The Bertz CT molecular complexity index is 1350. The van der Waals surface area contributed by atoms with E-state index in [0.717, 1.165) is 0 Å². The summed E-state index contributed by atoms with van der Waals surface area (Å²) in [6, 6.07) is 43.6. The van der Waals surface area contributed by atoms with Crippen molar-refractivity contribution in [3.63, 3.8) is 0 Å². The first-order chi connectivity index (χ1) is 19.4. The van der Waals surface area contributed by atoms with Crippen LogP contribution < -0.4 is 0 Å². The number of hydrogen-bond acceptors (Lipinski definition) is 0. The molecule has 0 unspecified atom stereocenters. The fourth-order valence-electron chi connectivity index (χ4n) is 4.45. The number of rotatable bonds is 3. The van der Waals surface area contributed by atoms with Crippen LogP contribution in [0.15, 0.2) is 121 Å². The lowest BCUT2D eigenvalue weighted by Gasteiger charge is -2.18. The molecule has 0 N–H and O–H groups in total. The van der Waals surface area contributed by atoms with Gasteiger partial charge in [0.15, 0.2) is 0 Å². The summed E-state index contributed by atoms with van der Waals surface area (Å²) in [7, 11) is 0. The van der Waals surface area contributed by atoms with Gasteiger partial charge in [0.05, 0.1) is 0 Å². The first-order valence-corrected chi connectivity index (χ1v) is 14.8. The van der Waals surface area contributed by atoms with Gasteiger partial charge in [0.25, 0.3) is 0 Å². The minimum Gasteiger partial charge on any atom is -0.0590 e. The predicted octanol–water partition coefficient (Wildman–Crippen LogP) is 11.7. The minimum absolute atomic E-state index is 0.285. The molecule has 0 aliphatic heterocycles. The van der Waals surface area contributed by atoms with Crippen molar-refractivity contribution in [1.82, 2.24) is 0 Å². The highest BCUT2D eigenvalue weighted by atomic mass is 14.2. The molecule has 0 fully saturated rings. The molecule has 0 saturated heterocycles. The average Bonchev–Trinajstić information content (AvgIpc) is 2.95. The van der Waals surface area contributed by atoms with Gasteiger partial charge in [-0.3, -0.25) is 0 Å². The molecule has 0 aliphatic carbocycles. The second-order valence-corrected chi connectivity index (χ2v) is 12.4. The maximum Gasteiger partial charge on any atom is 0.00610 e. The first kappa shape index (κ1) is 31.6. The maximum absolute atomic E-state index is 2.26. The lowest BCUT2D eigenvalue weighted by atomic mass is 9.87. The molecule has 0 aromatic heterocycles. The summed E-state index contributed by atoms with van der Waals surface area (Å²) in [5, 5.41) is 0. The molecule has 0 spiro atoms. The van der Waals surface area contributed by atoms with Gasteiger partial charge in [-0.15, -0.1) is 0 Å². The normalized spacial score (nSPS) is 10.8. The van der Waals surface area contributed by atoms with E-state index in [4.69, 9.17) is 0 Å². The van der Waals surface area contributed by atoms with E-state index in [1.807, 2.05) is 0 Å². The molecule has 5 rings (SSSR count). The summed E-state index contributed by atoms with van der Waals surface area (Å²) in [5.41, 5.74) is 13.6. The van der Waals surface area contributed by atoms with E-state index < -0.39 is 0 Å². The van der Waals surface area contributed by atoms with E-state index in [1.54, 1.807) is 0 Å². The minimum atomic E-state index is 0.285. The third-order valence-electron chi connectivity index (χ3n) is 7.51. The second-order valence-electron chi connectivity index (χ2n) is 12.4. The zero-order valence-electron chi connectivity index (χ0n) is 26.6. The van der Waals surface area contributed by atoms with Gasteiger partial charge in [0.2, 0.25) is 0 Å². The van der Waals surface area contributed by atoms with Crippen molar-refractivity contribution in [2.45, 2.75) is 73.6 Å². The molecule has 5 aromatic carbocycles. The topological polar surface area (TPSA) is 0 Å². The van der Waals surface area contributed by atoms with Gasteiger partial charge >= 0.3 is 0 Å². The Morgan fingerprint density at radius 3 is 0.878 bits per heavy atom. The van der Waals surface area contributed by atoms with Crippen LogP contribution in [0.4, 0.5) is 0 Å². The van der Waals surface area contributed by atoms with Crippen molar-refractivity contribution in [1.29, 1.82) is 0 Å². The lowest BCUT2D eigenvalue weighted by Crippen LogP contribution is -2.10. The Morgan fingerprint density at radius 2 is 0.610 bits per heavy atom. The van der Waals surface area contributed by atoms with Crippen LogP contribution in [0.25, 0.3) is 11.1 Å². The van der Waals surface area contributed by atoms with Crippen LogP contribution in [0.1, 0.15) is 78.1 Å². The van der Waals surface area contributed by atoms with Crippen molar-refractivity contribution in [2.24, 2.45) is 0 Å². The molecular formula is C41H48. The van der Waals surface area contributed by atoms with Gasteiger partial charge in [-0.2, -0.15) is 0 Å². The van der Waals surface area contributed by atoms with Crippen LogP contribution in [0, 0.1) is 34.6 Å². The largest absolute Gasteiger partial charge is 0.0590 e. The molecule has 5 aromatic rings. The summed E-state index contributed by atoms with van der Waals surface area (Å²) >= 11 is 0. The van der Waals surface area contributed by atoms with Gasteiger partial charge in [0, 0.05) is 5.92 Å². The highest BCUT2D eigenvalue weighted by molar-refractivity contribution is 5.63. The van der Waals surface area contributed by atoms with E-state index >= 15 is 0 Å². The summed E-state index contributed by atoms with van der Waals surface area (Å²) in [5.74, 6) is 0.473. The number of aryl methyl sites for hydroxylation is 5. The number of benzene rings is 5. The van der Waals surface area contributed by atoms with Gasteiger partial charge in [-0.1, -0.05) is 177 Å². The van der Waals surface area contributed by atoms with Crippen LogP contribution in [0.3, 0.4) is 0 Å². The van der Waals surface area contributed by atoms with Crippen molar-refractivity contribution in [3.05, 3.63) is 166 Å². The smallest absolute Gasteiger partial charge is 0.00610 e. The molecule has 0 heteroatoms. The Balaban J connectivity index is 0.000000172. The monoisotopic (exact) mass is 540 g/mol. The molecule has 0 heterocycles. The highest BCUT2D eigenvalue weighted by Crippen LogP contribution is 2.25. The molecule has 41 heavy (non-hydrogen) atoms. The fraction of sp³-hybridized carbons (Fsp3) is 0.268. The zero-order chi connectivity index (χ0) is 30.0.